The molecule has 0 aliphatic heterocycles. The van der Waals surface area contributed by atoms with Gasteiger partial charge in [0.15, 0.2) is 5.76 Å². The molecular weight excluding hydrogens is 406 g/mol. The molecule has 2 aromatic heterocycles. The van der Waals surface area contributed by atoms with Crippen LogP contribution in [0.1, 0.15) is 16.1 Å². The zero-order valence-corrected chi connectivity index (χ0v) is 15.7. The summed E-state index contributed by atoms with van der Waals surface area (Å²) in [6.07, 6.45) is 4.64. The number of hydrazone groups is 1. The van der Waals surface area contributed by atoms with Gasteiger partial charge in [-0.25, -0.2) is 5.43 Å². The molecule has 0 saturated heterocycles. The molecule has 0 saturated carbocycles. The highest BCUT2D eigenvalue weighted by Crippen LogP contribution is 2.35. The number of halogens is 1. The molecule has 4 aromatic rings. The van der Waals surface area contributed by atoms with Crippen LogP contribution in [0.3, 0.4) is 0 Å². The summed E-state index contributed by atoms with van der Waals surface area (Å²) in [5.74, 6) is 0.262. The third-order valence-corrected chi connectivity index (χ3v) is 4.52. The first kappa shape index (κ1) is 17.2. The molecule has 27 heavy (non-hydrogen) atoms. The maximum absolute atomic E-state index is 12.1. The van der Waals surface area contributed by atoms with Crippen molar-refractivity contribution in [1.29, 1.82) is 0 Å². The van der Waals surface area contributed by atoms with Crippen molar-refractivity contribution in [3.63, 3.8) is 0 Å². The molecule has 0 unspecified atom stereocenters. The summed E-state index contributed by atoms with van der Waals surface area (Å²) in [7, 11) is 0. The van der Waals surface area contributed by atoms with Crippen LogP contribution in [0.4, 0.5) is 0 Å². The predicted octanol–water partition coefficient (Wildman–Crippen LogP) is 5.02. The van der Waals surface area contributed by atoms with Gasteiger partial charge in [-0.3, -0.25) is 9.78 Å². The van der Waals surface area contributed by atoms with E-state index in [1.165, 1.54) is 6.21 Å². The van der Waals surface area contributed by atoms with Crippen molar-refractivity contribution in [2.24, 2.45) is 5.10 Å². The van der Waals surface area contributed by atoms with Crippen molar-refractivity contribution in [2.45, 2.75) is 0 Å². The van der Waals surface area contributed by atoms with Gasteiger partial charge in [-0.2, -0.15) is 5.10 Å². The quantitative estimate of drug-likeness (QED) is 0.372. The lowest BCUT2D eigenvalue weighted by Gasteiger charge is -2.01. The Labute approximate surface area is 163 Å². The molecule has 0 bridgehead atoms. The minimum atomic E-state index is -0.311. The number of pyridine rings is 1. The van der Waals surface area contributed by atoms with E-state index in [0.29, 0.717) is 11.3 Å². The number of nitrogens with one attached hydrogen (secondary N) is 1. The highest BCUT2D eigenvalue weighted by Gasteiger charge is 2.15. The number of carbonyl (C=O) groups excluding carboxylic acids is 1. The number of hydrogen-bond acceptors (Lipinski definition) is 4. The van der Waals surface area contributed by atoms with Crippen LogP contribution in [-0.4, -0.2) is 17.1 Å². The standard InChI is InChI=1S/C21H14BrN3O2/c22-16-6-7-18-17(12-16)20(14-4-2-1-3-5-14)19(27-18)13-24-25-21(26)15-8-10-23-11-9-15/h1-13H,(H,25,26)/b24-13+. The fourth-order valence-corrected chi connectivity index (χ4v) is 3.16. The van der Waals surface area contributed by atoms with E-state index in [1.807, 2.05) is 48.5 Å². The molecule has 0 fully saturated rings. The van der Waals surface area contributed by atoms with Crippen molar-refractivity contribution in [1.82, 2.24) is 10.4 Å². The van der Waals surface area contributed by atoms with E-state index in [4.69, 9.17) is 4.42 Å². The number of hydrogen-bond donors (Lipinski definition) is 1. The van der Waals surface area contributed by atoms with Crippen LogP contribution in [-0.2, 0) is 0 Å². The SMILES string of the molecule is O=C(N/N=C/c1oc2ccc(Br)cc2c1-c1ccccc1)c1ccncc1. The van der Waals surface area contributed by atoms with Crippen LogP contribution < -0.4 is 5.43 Å². The first-order chi connectivity index (χ1) is 13.2. The Balaban J connectivity index is 1.70. The maximum Gasteiger partial charge on any atom is 0.271 e. The van der Waals surface area contributed by atoms with Crippen LogP contribution in [0.5, 0.6) is 0 Å². The predicted molar refractivity (Wildman–Crippen MR) is 109 cm³/mol. The molecule has 0 radical (unpaired) electrons. The molecule has 0 aliphatic carbocycles. The van der Waals surface area contributed by atoms with Crippen LogP contribution in [0.25, 0.3) is 22.1 Å². The summed E-state index contributed by atoms with van der Waals surface area (Å²) >= 11 is 3.51. The van der Waals surface area contributed by atoms with Crippen molar-refractivity contribution >= 4 is 39.0 Å². The van der Waals surface area contributed by atoms with Gasteiger partial charge in [-0.15, -0.1) is 0 Å². The molecule has 6 heteroatoms. The van der Waals surface area contributed by atoms with E-state index in [9.17, 15) is 4.79 Å². The van der Waals surface area contributed by atoms with Crippen LogP contribution in [0.2, 0.25) is 0 Å². The summed E-state index contributed by atoms with van der Waals surface area (Å²) in [5.41, 5.74) is 5.68. The molecule has 0 spiro atoms. The van der Waals surface area contributed by atoms with E-state index in [1.54, 1.807) is 24.5 Å². The van der Waals surface area contributed by atoms with E-state index in [2.05, 4.69) is 31.4 Å². The molecular formula is C21H14BrN3O2. The van der Waals surface area contributed by atoms with E-state index in [0.717, 1.165) is 26.6 Å². The monoisotopic (exact) mass is 419 g/mol. The molecule has 1 amide bonds. The molecule has 5 nitrogen and oxygen atoms in total. The normalized spacial score (nSPS) is 11.1. The van der Waals surface area contributed by atoms with Gasteiger partial charge in [0.2, 0.25) is 0 Å². The summed E-state index contributed by atoms with van der Waals surface area (Å²) in [6.45, 7) is 0. The van der Waals surface area contributed by atoms with Gasteiger partial charge in [-0.05, 0) is 35.9 Å². The van der Waals surface area contributed by atoms with Gasteiger partial charge in [0, 0.05) is 33.4 Å². The lowest BCUT2D eigenvalue weighted by atomic mass is 10.0. The molecule has 1 N–H and O–H groups in total. The number of nitrogens with zero attached hydrogens (tertiary/aromatic N) is 2. The number of benzene rings is 2. The number of aromatic nitrogens is 1. The van der Waals surface area contributed by atoms with Crippen molar-refractivity contribution in [3.8, 4) is 11.1 Å². The number of rotatable bonds is 4. The highest BCUT2D eigenvalue weighted by molar-refractivity contribution is 9.10. The fraction of sp³-hybridized carbons (Fsp3) is 0. The maximum atomic E-state index is 12.1. The first-order valence-electron chi connectivity index (χ1n) is 8.23. The number of carbonyl (C=O) groups is 1. The summed E-state index contributed by atoms with van der Waals surface area (Å²) in [6, 6.07) is 19.0. The Morgan fingerprint density at radius 3 is 2.63 bits per heavy atom. The first-order valence-corrected chi connectivity index (χ1v) is 9.02. The third kappa shape index (κ3) is 3.66. The number of amides is 1. The third-order valence-electron chi connectivity index (χ3n) is 4.03. The van der Waals surface area contributed by atoms with Crippen molar-refractivity contribution in [3.05, 3.63) is 88.9 Å². The van der Waals surface area contributed by atoms with Gasteiger partial charge < -0.3 is 4.42 Å². The molecule has 4 rings (SSSR count). The summed E-state index contributed by atoms with van der Waals surface area (Å²) in [5, 5.41) is 5.04. The molecule has 132 valence electrons. The van der Waals surface area contributed by atoms with Crippen LogP contribution in [0, 0.1) is 0 Å². The second-order valence-corrected chi connectivity index (χ2v) is 6.70. The van der Waals surface area contributed by atoms with E-state index in [-0.39, 0.29) is 5.91 Å². The molecule has 0 atom stereocenters. The lowest BCUT2D eigenvalue weighted by Crippen LogP contribution is -2.17. The highest BCUT2D eigenvalue weighted by atomic mass is 79.9. The van der Waals surface area contributed by atoms with Crippen LogP contribution >= 0.6 is 15.9 Å². The second-order valence-electron chi connectivity index (χ2n) is 5.78. The average Bonchev–Trinajstić information content (AvgIpc) is 3.06. The largest absolute Gasteiger partial charge is 0.454 e. The average molecular weight is 420 g/mol. The Bertz CT molecular complexity index is 1120. The summed E-state index contributed by atoms with van der Waals surface area (Å²) < 4.78 is 6.93. The Hall–Kier alpha value is -3.25. The Kier molecular flexibility index (Phi) is 4.80. The number of furan rings is 1. The van der Waals surface area contributed by atoms with E-state index >= 15 is 0 Å². The van der Waals surface area contributed by atoms with Gasteiger partial charge in [-0.1, -0.05) is 46.3 Å². The van der Waals surface area contributed by atoms with Gasteiger partial charge in [0.1, 0.15) is 5.58 Å². The van der Waals surface area contributed by atoms with Gasteiger partial charge >= 0.3 is 0 Å². The van der Waals surface area contributed by atoms with Crippen molar-refractivity contribution in [2.75, 3.05) is 0 Å². The zero-order valence-electron chi connectivity index (χ0n) is 14.1. The second kappa shape index (κ2) is 7.55. The molecule has 2 heterocycles. The number of fused-ring (bicyclic) bond motifs is 1. The zero-order chi connectivity index (χ0) is 18.6. The minimum absolute atomic E-state index is 0.311. The smallest absolute Gasteiger partial charge is 0.271 e. The summed E-state index contributed by atoms with van der Waals surface area (Å²) in [4.78, 5) is 16.0. The van der Waals surface area contributed by atoms with Gasteiger partial charge in [0.25, 0.3) is 5.91 Å². The minimum Gasteiger partial charge on any atom is -0.454 e. The van der Waals surface area contributed by atoms with Gasteiger partial charge in [0.05, 0.1) is 6.21 Å². The Morgan fingerprint density at radius 1 is 1.07 bits per heavy atom. The molecule has 2 aromatic carbocycles. The Morgan fingerprint density at radius 2 is 1.85 bits per heavy atom. The topological polar surface area (TPSA) is 67.5 Å². The van der Waals surface area contributed by atoms with Crippen LogP contribution in [0.15, 0.2) is 87.0 Å². The van der Waals surface area contributed by atoms with Crippen molar-refractivity contribution < 1.29 is 9.21 Å². The van der Waals surface area contributed by atoms with E-state index < -0.39 is 0 Å². The molecule has 0 aliphatic rings. The lowest BCUT2D eigenvalue weighted by molar-refractivity contribution is 0.0955. The fourth-order valence-electron chi connectivity index (χ4n) is 2.80.